The predicted octanol–water partition coefficient (Wildman–Crippen LogP) is 7.63. The smallest absolute Gasteiger partial charge is 0.250 e. The van der Waals surface area contributed by atoms with Gasteiger partial charge in [-0.1, -0.05) is 83.7 Å². The molecule has 1 aromatic rings. The van der Waals surface area contributed by atoms with E-state index in [-0.39, 0.29) is 5.91 Å². The van der Waals surface area contributed by atoms with E-state index in [0.717, 1.165) is 50.6 Å². The number of hydrogen-bond donors (Lipinski definition) is 0. The minimum absolute atomic E-state index is 0.0187. The topological polar surface area (TPSA) is 20.3 Å². The van der Waals surface area contributed by atoms with Crippen molar-refractivity contribution in [3.05, 3.63) is 65.3 Å². The Labute approximate surface area is 173 Å². The van der Waals surface area contributed by atoms with Gasteiger partial charge in [0, 0.05) is 18.8 Å². The van der Waals surface area contributed by atoms with Crippen molar-refractivity contribution in [2.75, 3.05) is 11.9 Å². The Morgan fingerprint density at radius 2 is 1.50 bits per heavy atom. The predicted molar refractivity (Wildman–Crippen MR) is 124 cm³/mol. The Morgan fingerprint density at radius 1 is 0.857 bits per heavy atom. The molecule has 0 fully saturated rings. The molecule has 1 aromatic carbocycles. The van der Waals surface area contributed by atoms with Crippen LogP contribution in [0, 0.1) is 0 Å². The van der Waals surface area contributed by atoms with Gasteiger partial charge in [0.05, 0.1) is 0 Å². The third-order valence-corrected chi connectivity index (χ3v) is 4.89. The summed E-state index contributed by atoms with van der Waals surface area (Å²) in [6.45, 7) is 8.93. The fourth-order valence-electron chi connectivity index (χ4n) is 3.41. The number of likely N-dealkylation sites (N-methyl/N-ethyl adjacent to an activating group) is 1. The molecule has 2 heteroatoms. The molecule has 2 nitrogen and oxygen atoms in total. The molecular weight excluding hydrogens is 342 g/mol. The van der Waals surface area contributed by atoms with E-state index < -0.39 is 0 Å². The number of unbranched alkanes of at least 4 members (excludes halogenated alkanes) is 1. The molecule has 154 valence electrons. The number of carbonyl (C=O) groups is 1. The molecule has 0 aromatic heterocycles. The van der Waals surface area contributed by atoms with Crippen LogP contribution in [0.4, 0.5) is 5.69 Å². The summed E-state index contributed by atoms with van der Waals surface area (Å²) in [6.07, 6.45) is 15.1. The van der Waals surface area contributed by atoms with Crippen LogP contribution in [-0.2, 0) is 4.79 Å². The van der Waals surface area contributed by atoms with Crippen LogP contribution in [0.5, 0.6) is 0 Å². The molecule has 0 spiro atoms. The summed E-state index contributed by atoms with van der Waals surface area (Å²) >= 11 is 0. The lowest BCUT2D eigenvalue weighted by Gasteiger charge is -2.17. The Balaban J connectivity index is 3.20. The number of rotatable bonds is 12. The van der Waals surface area contributed by atoms with Crippen molar-refractivity contribution in [3.8, 4) is 0 Å². The highest BCUT2D eigenvalue weighted by Gasteiger charge is 2.11. The number of benzene rings is 1. The molecule has 0 aliphatic carbocycles. The van der Waals surface area contributed by atoms with Gasteiger partial charge in [0.2, 0.25) is 0 Å². The number of nitrogens with zero attached hydrogens (tertiary/aromatic N) is 1. The Hall–Kier alpha value is -2.09. The van der Waals surface area contributed by atoms with Gasteiger partial charge in [-0.05, 0) is 54.5 Å². The number of anilines is 1. The normalized spacial score (nSPS) is 13.0. The Bertz CT molecular complexity index is 667. The number of amides is 1. The maximum atomic E-state index is 12.7. The highest BCUT2D eigenvalue weighted by atomic mass is 16.2. The second-order valence-electron chi connectivity index (χ2n) is 7.34. The van der Waals surface area contributed by atoms with Crippen LogP contribution in [0.3, 0.4) is 0 Å². The highest BCUT2D eigenvalue weighted by Crippen LogP contribution is 2.28. The first-order valence-electron chi connectivity index (χ1n) is 11.0. The van der Waals surface area contributed by atoms with E-state index >= 15 is 0 Å². The lowest BCUT2D eigenvalue weighted by molar-refractivity contribution is -0.113. The van der Waals surface area contributed by atoms with Crippen molar-refractivity contribution in [3.63, 3.8) is 0 Å². The van der Waals surface area contributed by atoms with E-state index in [9.17, 15) is 4.79 Å². The van der Waals surface area contributed by atoms with Gasteiger partial charge < -0.3 is 4.90 Å². The first-order chi connectivity index (χ1) is 13.6. The van der Waals surface area contributed by atoms with E-state index in [2.05, 4.69) is 39.8 Å². The van der Waals surface area contributed by atoms with Crippen LogP contribution in [-0.4, -0.2) is 13.0 Å². The van der Waals surface area contributed by atoms with Gasteiger partial charge in [-0.25, -0.2) is 0 Å². The van der Waals surface area contributed by atoms with Crippen molar-refractivity contribution in [2.24, 2.45) is 0 Å². The van der Waals surface area contributed by atoms with Crippen LogP contribution in [0.15, 0.2) is 65.3 Å². The molecule has 1 rings (SSSR count). The third-order valence-electron chi connectivity index (χ3n) is 4.89. The molecule has 0 heterocycles. The summed E-state index contributed by atoms with van der Waals surface area (Å²) in [7, 11) is 1.84. The standard InChI is InChI=1S/C26H39NO/c1-6-10-17-22(14-7-2)25(16-9-4)23(15-8-3)20-21-26(28)27(5)24-18-12-11-13-19-24/h11-13,17-21H,6-10,14-16H2,1-5H3/b21-20+,22-17+,25-23-. The Kier molecular flexibility index (Phi) is 12.0. The van der Waals surface area contributed by atoms with E-state index in [4.69, 9.17) is 0 Å². The summed E-state index contributed by atoms with van der Waals surface area (Å²) in [5, 5.41) is 0. The molecule has 0 unspecified atom stereocenters. The highest BCUT2D eigenvalue weighted by molar-refractivity contribution is 6.01. The Morgan fingerprint density at radius 3 is 2.07 bits per heavy atom. The van der Waals surface area contributed by atoms with Gasteiger partial charge in [-0.3, -0.25) is 4.79 Å². The number of carbonyl (C=O) groups excluding carboxylic acids is 1. The zero-order chi connectivity index (χ0) is 20.8. The van der Waals surface area contributed by atoms with Gasteiger partial charge in [0.15, 0.2) is 0 Å². The second kappa shape index (κ2) is 14.0. The van der Waals surface area contributed by atoms with Crippen molar-refractivity contribution in [1.29, 1.82) is 0 Å². The summed E-state index contributed by atoms with van der Waals surface area (Å²) in [5.41, 5.74) is 5.20. The van der Waals surface area contributed by atoms with Crippen molar-refractivity contribution >= 4 is 11.6 Å². The minimum Gasteiger partial charge on any atom is -0.312 e. The summed E-state index contributed by atoms with van der Waals surface area (Å²) < 4.78 is 0. The molecule has 0 radical (unpaired) electrons. The van der Waals surface area contributed by atoms with E-state index in [1.807, 2.05) is 37.4 Å². The maximum Gasteiger partial charge on any atom is 0.250 e. The number of allylic oxidation sites excluding steroid dienone is 5. The fourth-order valence-corrected chi connectivity index (χ4v) is 3.41. The van der Waals surface area contributed by atoms with Crippen LogP contribution in [0.1, 0.15) is 79.1 Å². The molecule has 0 saturated carbocycles. The largest absolute Gasteiger partial charge is 0.312 e. The van der Waals surface area contributed by atoms with E-state index in [1.165, 1.54) is 23.1 Å². The van der Waals surface area contributed by atoms with Crippen molar-refractivity contribution in [1.82, 2.24) is 0 Å². The lowest BCUT2D eigenvalue weighted by atomic mass is 9.89. The quantitative estimate of drug-likeness (QED) is 0.269. The summed E-state index contributed by atoms with van der Waals surface area (Å²) in [4.78, 5) is 14.4. The molecule has 0 aliphatic heterocycles. The second-order valence-corrected chi connectivity index (χ2v) is 7.34. The molecular formula is C26H39NO. The minimum atomic E-state index is 0.0187. The molecule has 0 atom stereocenters. The SMILES string of the molecule is CCC/C=C(CCC)/C(CCC)=C(\C=C\C(=O)N(C)c1ccccc1)CCC. The number of para-hydroxylation sites is 1. The van der Waals surface area contributed by atoms with Gasteiger partial charge >= 0.3 is 0 Å². The van der Waals surface area contributed by atoms with Crippen LogP contribution in [0.25, 0.3) is 0 Å². The number of hydrogen-bond acceptors (Lipinski definition) is 1. The zero-order valence-electron chi connectivity index (χ0n) is 18.6. The molecule has 1 amide bonds. The van der Waals surface area contributed by atoms with Crippen molar-refractivity contribution in [2.45, 2.75) is 79.1 Å². The molecule has 0 aliphatic rings. The molecule has 0 bridgehead atoms. The van der Waals surface area contributed by atoms with Gasteiger partial charge in [0.25, 0.3) is 5.91 Å². The molecule has 0 saturated heterocycles. The van der Waals surface area contributed by atoms with E-state index in [1.54, 1.807) is 11.0 Å². The zero-order valence-corrected chi connectivity index (χ0v) is 18.6. The monoisotopic (exact) mass is 381 g/mol. The third kappa shape index (κ3) is 7.88. The van der Waals surface area contributed by atoms with Crippen molar-refractivity contribution < 1.29 is 4.79 Å². The van der Waals surface area contributed by atoms with Crippen LogP contribution < -0.4 is 4.90 Å². The first kappa shape index (κ1) is 23.9. The van der Waals surface area contributed by atoms with Crippen LogP contribution in [0.2, 0.25) is 0 Å². The average molecular weight is 382 g/mol. The van der Waals surface area contributed by atoms with Crippen LogP contribution >= 0.6 is 0 Å². The molecule has 28 heavy (non-hydrogen) atoms. The van der Waals surface area contributed by atoms with E-state index in [0.29, 0.717) is 0 Å². The van der Waals surface area contributed by atoms with Gasteiger partial charge in [-0.15, -0.1) is 0 Å². The molecule has 0 N–H and O–H groups in total. The summed E-state index contributed by atoms with van der Waals surface area (Å²) in [6, 6.07) is 9.81. The van der Waals surface area contributed by atoms with Gasteiger partial charge in [-0.2, -0.15) is 0 Å². The first-order valence-corrected chi connectivity index (χ1v) is 11.0. The fraction of sp³-hybridized carbons (Fsp3) is 0.500. The van der Waals surface area contributed by atoms with Gasteiger partial charge in [0.1, 0.15) is 0 Å². The maximum absolute atomic E-state index is 12.7. The average Bonchev–Trinajstić information content (AvgIpc) is 2.72. The lowest BCUT2D eigenvalue weighted by Crippen LogP contribution is -2.23. The summed E-state index contributed by atoms with van der Waals surface area (Å²) in [5.74, 6) is 0.0187.